The number of nitrogens with zero attached hydrogens (tertiary/aromatic N) is 3. The van der Waals surface area contributed by atoms with Gasteiger partial charge in [0.25, 0.3) is 0 Å². The number of piperidine rings is 1. The molecule has 5 heteroatoms. The lowest BCUT2D eigenvalue weighted by Gasteiger charge is -2.33. The number of aromatic nitrogens is 2. The Hall–Kier alpha value is -1.75. The van der Waals surface area contributed by atoms with Crippen LogP contribution in [0.4, 0.5) is 0 Å². The van der Waals surface area contributed by atoms with Crippen molar-refractivity contribution in [3.05, 3.63) is 30.4 Å². The highest BCUT2D eigenvalue weighted by molar-refractivity contribution is 5.91. The smallest absolute Gasteiger partial charge is 0.244 e. The zero-order chi connectivity index (χ0) is 15.9. The van der Waals surface area contributed by atoms with E-state index in [1.165, 1.54) is 32.2 Å². The number of carbonyl (C=O) groups excluding carboxylic acids is 1. The molecule has 2 heterocycles. The third kappa shape index (κ3) is 5.13. The third-order valence-electron chi connectivity index (χ3n) is 4.91. The molecule has 2 fully saturated rings. The Balaban J connectivity index is 1.38. The minimum Gasteiger partial charge on any atom is -0.350 e. The highest BCUT2D eigenvalue weighted by Crippen LogP contribution is 2.26. The maximum absolute atomic E-state index is 12.0. The summed E-state index contributed by atoms with van der Waals surface area (Å²) in [6, 6.07) is 0.300. The lowest BCUT2D eigenvalue weighted by atomic mass is 10.0. The van der Waals surface area contributed by atoms with Gasteiger partial charge in [-0.15, -0.1) is 0 Å². The summed E-state index contributed by atoms with van der Waals surface area (Å²) in [4.78, 5) is 22.7. The second-order valence-electron chi connectivity index (χ2n) is 6.70. The van der Waals surface area contributed by atoms with Crippen LogP contribution in [0, 0.1) is 5.92 Å². The maximum atomic E-state index is 12.0. The Morgan fingerprint density at radius 2 is 2.00 bits per heavy atom. The average molecular weight is 314 g/mol. The van der Waals surface area contributed by atoms with Crippen molar-refractivity contribution in [1.29, 1.82) is 0 Å². The van der Waals surface area contributed by atoms with Crippen molar-refractivity contribution in [2.45, 2.75) is 44.6 Å². The van der Waals surface area contributed by atoms with E-state index in [9.17, 15) is 4.79 Å². The SMILES string of the molecule is O=C(/C=C\c1cnccn1)NC1CCN(CC2CCCC2)CC1. The van der Waals surface area contributed by atoms with Crippen molar-refractivity contribution in [2.24, 2.45) is 5.92 Å². The zero-order valence-electron chi connectivity index (χ0n) is 13.7. The Kier molecular flexibility index (Phi) is 5.75. The molecule has 1 aromatic heterocycles. The van der Waals surface area contributed by atoms with Crippen LogP contribution < -0.4 is 5.32 Å². The van der Waals surface area contributed by atoms with Crippen molar-refractivity contribution in [2.75, 3.05) is 19.6 Å². The molecule has 1 saturated carbocycles. The number of nitrogens with one attached hydrogen (secondary N) is 1. The molecule has 2 aliphatic rings. The van der Waals surface area contributed by atoms with Crippen LogP contribution in [0.5, 0.6) is 0 Å². The van der Waals surface area contributed by atoms with Crippen LogP contribution in [0.1, 0.15) is 44.2 Å². The molecule has 1 aromatic rings. The maximum Gasteiger partial charge on any atom is 0.244 e. The van der Waals surface area contributed by atoms with E-state index >= 15 is 0 Å². The van der Waals surface area contributed by atoms with E-state index in [0.29, 0.717) is 11.7 Å². The number of hydrogen-bond acceptors (Lipinski definition) is 4. The van der Waals surface area contributed by atoms with Gasteiger partial charge >= 0.3 is 0 Å². The van der Waals surface area contributed by atoms with Gasteiger partial charge in [-0.2, -0.15) is 0 Å². The highest BCUT2D eigenvalue weighted by Gasteiger charge is 2.23. The van der Waals surface area contributed by atoms with E-state index in [0.717, 1.165) is 31.8 Å². The number of rotatable bonds is 5. The molecule has 124 valence electrons. The summed E-state index contributed by atoms with van der Waals surface area (Å²) in [5.41, 5.74) is 0.703. The van der Waals surface area contributed by atoms with Gasteiger partial charge < -0.3 is 10.2 Å². The second-order valence-corrected chi connectivity index (χ2v) is 6.70. The van der Waals surface area contributed by atoms with Crippen molar-refractivity contribution >= 4 is 12.0 Å². The number of likely N-dealkylation sites (tertiary alicyclic amines) is 1. The largest absolute Gasteiger partial charge is 0.350 e. The first-order chi connectivity index (χ1) is 11.3. The van der Waals surface area contributed by atoms with Crippen molar-refractivity contribution in [3.8, 4) is 0 Å². The van der Waals surface area contributed by atoms with Gasteiger partial charge in [-0.3, -0.25) is 14.8 Å². The summed E-state index contributed by atoms with van der Waals surface area (Å²) >= 11 is 0. The van der Waals surface area contributed by atoms with Crippen LogP contribution in [-0.2, 0) is 4.79 Å². The first-order valence-electron chi connectivity index (χ1n) is 8.76. The van der Waals surface area contributed by atoms with E-state index in [-0.39, 0.29) is 5.91 Å². The first-order valence-corrected chi connectivity index (χ1v) is 8.76. The molecule has 3 rings (SSSR count). The monoisotopic (exact) mass is 314 g/mol. The van der Waals surface area contributed by atoms with Crippen LogP contribution in [0.3, 0.4) is 0 Å². The van der Waals surface area contributed by atoms with Gasteiger partial charge in [0.1, 0.15) is 0 Å². The van der Waals surface area contributed by atoms with Gasteiger partial charge in [-0.25, -0.2) is 0 Å². The molecular weight excluding hydrogens is 288 g/mol. The fraction of sp³-hybridized carbons (Fsp3) is 0.611. The molecule has 1 N–H and O–H groups in total. The summed E-state index contributed by atoms with van der Waals surface area (Å²) in [5, 5.41) is 3.10. The highest BCUT2D eigenvalue weighted by atomic mass is 16.1. The molecule has 0 unspecified atom stereocenters. The average Bonchev–Trinajstić information content (AvgIpc) is 3.09. The standard InChI is InChI=1S/C18H26N4O/c23-18(6-5-17-13-19-9-10-20-17)21-16-7-11-22(12-8-16)14-15-3-1-2-4-15/h5-6,9-10,13,15-16H,1-4,7-8,11-12,14H2,(H,21,23)/b6-5-. The van der Waals surface area contributed by atoms with E-state index < -0.39 is 0 Å². The van der Waals surface area contributed by atoms with Gasteiger partial charge in [-0.1, -0.05) is 12.8 Å². The van der Waals surface area contributed by atoms with Crippen molar-refractivity contribution in [1.82, 2.24) is 20.2 Å². The fourth-order valence-electron chi connectivity index (χ4n) is 3.63. The Bertz CT molecular complexity index is 517. The molecule has 0 aromatic carbocycles. The van der Waals surface area contributed by atoms with Gasteiger partial charge in [0.05, 0.1) is 11.9 Å². The second kappa shape index (κ2) is 8.20. The van der Waals surface area contributed by atoms with Crippen LogP contribution in [0.2, 0.25) is 0 Å². The molecular formula is C18H26N4O. The van der Waals surface area contributed by atoms with Crippen LogP contribution in [0.15, 0.2) is 24.7 Å². The third-order valence-corrected chi connectivity index (χ3v) is 4.91. The van der Waals surface area contributed by atoms with Crippen LogP contribution in [-0.4, -0.2) is 46.5 Å². The van der Waals surface area contributed by atoms with E-state index in [1.54, 1.807) is 30.7 Å². The van der Waals surface area contributed by atoms with E-state index in [1.807, 2.05) is 0 Å². The Morgan fingerprint density at radius 1 is 1.22 bits per heavy atom. The molecule has 1 aliphatic heterocycles. The van der Waals surface area contributed by atoms with E-state index in [2.05, 4.69) is 20.2 Å². The molecule has 0 spiro atoms. The Morgan fingerprint density at radius 3 is 2.70 bits per heavy atom. The summed E-state index contributed by atoms with van der Waals surface area (Å²) in [5.74, 6) is 0.876. The van der Waals surface area contributed by atoms with Crippen molar-refractivity contribution in [3.63, 3.8) is 0 Å². The van der Waals surface area contributed by atoms with Crippen molar-refractivity contribution < 1.29 is 4.79 Å². The molecule has 1 saturated heterocycles. The molecule has 0 radical (unpaired) electrons. The van der Waals surface area contributed by atoms with Crippen LogP contribution in [0.25, 0.3) is 6.08 Å². The molecule has 1 amide bonds. The molecule has 1 aliphatic carbocycles. The zero-order valence-corrected chi connectivity index (χ0v) is 13.7. The minimum absolute atomic E-state index is 0.0371. The first kappa shape index (κ1) is 16.1. The van der Waals surface area contributed by atoms with Gasteiger partial charge in [0.15, 0.2) is 0 Å². The number of hydrogen-bond donors (Lipinski definition) is 1. The lowest BCUT2D eigenvalue weighted by Crippen LogP contribution is -2.45. The normalized spacial score (nSPS) is 21.0. The van der Waals surface area contributed by atoms with Crippen LogP contribution >= 0.6 is 0 Å². The summed E-state index contributed by atoms with van der Waals surface area (Å²) in [6.45, 7) is 3.47. The van der Waals surface area contributed by atoms with E-state index in [4.69, 9.17) is 0 Å². The molecule has 0 bridgehead atoms. The topological polar surface area (TPSA) is 58.1 Å². The molecule has 5 nitrogen and oxygen atoms in total. The molecule has 23 heavy (non-hydrogen) atoms. The lowest BCUT2D eigenvalue weighted by molar-refractivity contribution is -0.117. The summed E-state index contributed by atoms with van der Waals surface area (Å²) in [7, 11) is 0. The predicted octanol–water partition coefficient (Wildman–Crippen LogP) is 2.26. The summed E-state index contributed by atoms with van der Waals surface area (Å²) < 4.78 is 0. The number of amides is 1. The number of carbonyl (C=O) groups is 1. The minimum atomic E-state index is -0.0371. The molecule has 0 atom stereocenters. The Labute approximate surface area is 138 Å². The quantitative estimate of drug-likeness (QED) is 0.847. The van der Waals surface area contributed by atoms with Gasteiger partial charge in [0.2, 0.25) is 5.91 Å². The fourth-order valence-corrected chi connectivity index (χ4v) is 3.63. The summed E-state index contributed by atoms with van der Waals surface area (Å²) in [6.07, 6.45) is 15.9. The van der Waals surface area contributed by atoms with Gasteiger partial charge in [0, 0.05) is 44.1 Å². The predicted molar refractivity (Wildman–Crippen MR) is 90.6 cm³/mol. The van der Waals surface area contributed by atoms with Gasteiger partial charge in [-0.05, 0) is 37.7 Å².